The Morgan fingerprint density at radius 3 is 2.56 bits per heavy atom. The molecule has 0 radical (unpaired) electrons. The average Bonchev–Trinajstić information content (AvgIpc) is 2.86. The molecule has 1 aromatic carbocycles. The first-order valence-electron chi connectivity index (χ1n) is 4.35. The number of nitrogens with one attached hydrogen (secondary N) is 1. The van der Waals surface area contributed by atoms with Crippen molar-refractivity contribution in [1.82, 2.24) is 9.97 Å². The van der Waals surface area contributed by atoms with Gasteiger partial charge in [-0.25, -0.2) is 4.98 Å². The van der Waals surface area contributed by atoms with E-state index in [-0.39, 0.29) is 0 Å². The van der Waals surface area contributed by atoms with Gasteiger partial charge in [0.05, 0.1) is 0 Å². The minimum atomic E-state index is 0.922. The average molecular weight is 212 g/mol. The summed E-state index contributed by atoms with van der Waals surface area (Å²) in [6.45, 7) is 5.78. The maximum absolute atomic E-state index is 7.38. The number of benzene rings is 1. The molecule has 2 rings (SSSR count). The monoisotopic (exact) mass is 212 g/mol. The van der Waals surface area contributed by atoms with E-state index in [0.717, 1.165) is 17.6 Å². The SMILES string of the molecule is [C-]#[N+]OC#N.c1ccc(-c2ncc[nH]2)cc1. The third-order valence-electron chi connectivity index (χ3n) is 1.63. The Bertz CT molecular complexity index is 467. The van der Waals surface area contributed by atoms with Gasteiger partial charge in [0.2, 0.25) is 0 Å². The van der Waals surface area contributed by atoms with Gasteiger partial charge >= 0.3 is 6.26 Å². The molecule has 0 amide bonds. The second-order valence-corrected chi connectivity index (χ2v) is 2.58. The normalized spacial score (nSPS) is 7.88. The van der Waals surface area contributed by atoms with Crippen molar-refractivity contribution >= 4 is 0 Å². The summed E-state index contributed by atoms with van der Waals surface area (Å²) in [6, 6.07) is 10.0. The maximum Gasteiger partial charge on any atom is 0.381 e. The molecule has 0 aliphatic carbocycles. The van der Waals surface area contributed by atoms with E-state index in [1.165, 1.54) is 0 Å². The smallest absolute Gasteiger partial charge is 0.345 e. The summed E-state index contributed by atoms with van der Waals surface area (Å²) in [6.07, 6.45) is 4.74. The van der Waals surface area contributed by atoms with Gasteiger partial charge in [0.15, 0.2) is 0 Å². The standard InChI is InChI=1S/C9H8N2.C2N2O/c1-2-4-8(5-3-1)9-10-6-7-11-9;1-4-5-2-3/h1-7H,(H,10,11);. The number of aromatic amines is 1. The van der Waals surface area contributed by atoms with Gasteiger partial charge in [-0.3, -0.25) is 0 Å². The van der Waals surface area contributed by atoms with Crippen LogP contribution >= 0.6 is 0 Å². The molecule has 0 saturated carbocycles. The van der Waals surface area contributed by atoms with Crippen molar-refractivity contribution in [1.29, 1.82) is 5.26 Å². The summed E-state index contributed by atoms with van der Waals surface area (Å²) in [5.74, 6) is 0.922. The second-order valence-electron chi connectivity index (χ2n) is 2.58. The zero-order chi connectivity index (χ0) is 11.6. The summed E-state index contributed by atoms with van der Waals surface area (Å²) < 4.78 is 0. The molecular formula is C11H8N4O. The first kappa shape index (κ1) is 11.3. The minimum absolute atomic E-state index is 0.922. The predicted molar refractivity (Wildman–Crippen MR) is 57.3 cm³/mol. The molecule has 5 nitrogen and oxygen atoms in total. The Kier molecular flexibility index (Phi) is 4.68. The van der Waals surface area contributed by atoms with Gasteiger partial charge in [-0.2, -0.15) is 0 Å². The van der Waals surface area contributed by atoms with E-state index in [0.29, 0.717) is 0 Å². The lowest BCUT2D eigenvalue weighted by atomic mass is 10.2. The topological polar surface area (TPSA) is 66.1 Å². The van der Waals surface area contributed by atoms with Gasteiger partial charge in [-0.1, -0.05) is 35.2 Å². The molecule has 0 atom stereocenters. The van der Waals surface area contributed by atoms with E-state index < -0.39 is 0 Å². The molecule has 0 fully saturated rings. The van der Waals surface area contributed by atoms with Crippen LogP contribution in [0, 0.1) is 18.1 Å². The molecule has 5 heteroatoms. The van der Waals surface area contributed by atoms with Crippen LogP contribution in [0.15, 0.2) is 42.7 Å². The quantitative estimate of drug-likeness (QED) is 0.448. The Morgan fingerprint density at radius 2 is 2.12 bits per heavy atom. The van der Waals surface area contributed by atoms with Crippen molar-refractivity contribution in [2.24, 2.45) is 0 Å². The Balaban J connectivity index is 0.000000221. The molecule has 1 heterocycles. The summed E-state index contributed by atoms with van der Waals surface area (Å²) in [5.41, 5.74) is 1.12. The number of H-pyrrole nitrogens is 1. The molecule has 0 aliphatic rings. The van der Waals surface area contributed by atoms with Crippen molar-refractivity contribution in [3.63, 3.8) is 0 Å². The zero-order valence-corrected chi connectivity index (χ0v) is 8.29. The van der Waals surface area contributed by atoms with Crippen molar-refractivity contribution in [2.45, 2.75) is 0 Å². The molecule has 2 aromatic rings. The molecule has 0 aliphatic heterocycles. The van der Waals surface area contributed by atoms with E-state index in [9.17, 15) is 0 Å². The molecule has 0 spiro atoms. The molecular weight excluding hydrogens is 204 g/mol. The molecule has 1 N–H and O–H groups in total. The third kappa shape index (κ3) is 3.52. The predicted octanol–water partition coefficient (Wildman–Crippen LogP) is 2.40. The van der Waals surface area contributed by atoms with Crippen LogP contribution in [0.3, 0.4) is 0 Å². The molecule has 0 unspecified atom stereocenters. The number of nitriles is 1. The number of hydrogen-bond donors (Lipinski definition) is 1. The number of aromatic nitrogens is 2. The first-order valence-corrected chi connectivity index (χ1v) is 4.35. The number of imidazole rings is 1. The van der Waals surface area contributed by atoms with E-state index >= 15 is 0 Å². The fourth-order valence-electron chi connectivity index (χ4n) is 1.04. The van der Waals surface area contributed by atoms with Crippen molar-refractivity contribution in [3.05, 3.63) is 54.3 Å². The van der Waals surface area contributed by atoms with E-state index in [2.05, 4.69) is 19.8 Å². The van der Waals surface area contributed by atoms with Gasteiger partial charge in [-0.05, 0) is 5.01 Å². The fraction of sp³-hybridized carbons (Fsp3) is 0. The second kappa shape index (κ2) is 6.63. The molecule has 78 valence electrons. The van der Waals surface area contributed by atoms with Crippen molar-refractivity contribution in [2.75, 3.05) is 0 Å². The number of nitrogens with zero attached hydrogens (tertiary/aromatic N) is 3. The van der Waals surface area contributed by atoms with Crippen LogP contribution in [0.1, 0.15) is 0 Å². The van der Waals surface area contributed by atoms with Gasteiger partial charge in [-0.15, -0.1) is 11.8 Å². The van der Waals surface area contributed by atoms with Crippen LogP contribution < -0.4 is 0 Å². The number of hydrogen-bond acceptors (Lipinski definition) is 3. The summed E-state index contributed by atoms with van der Waals surface area (Å²) in [4.78, 5) is 10.6. The van der Waals surface area contributed by atoms with Crippen LogP contribution in [0.4, 0.5) is 0 Å². The third-order valence-corrected chi connectivity index (χ3v) is 1.63. The van der Waals surface area contributed by atoms with Gasteiger partial charge in [0.1, 0.15) is 5.82 Å². The minimum Gasteiger partial charge on any atom is -0.345 e. The number of rotatable bonds is 1. The Hall–Kier alpha value is -2.79. The molecule has 16 heavy (non-hydrogen) atoms. The van der Waals surface area contributed by atoms with Gasteiger partial charge in [0, 0.05) is 18.0 Å². The largest absolute Gasteiger partial charge is 0.381 e. The van der Waals surface area contributed by atoms with Gasteiger partial charge in [0.25, 0.3) is 0 Å². The molecule has 0 bridgehead atoms. The molecule has 0 saturated heterocycles. The van der Waals surface area contributed by atoms with Crippen LogP contribution in [0.2, 0.25) is 0 Å². The zero-order valence-electron chi connectivity index (χ0n) is 8.29. The highest BCUT2D eigenvalue weighted by atomic mass is 16.6. The Labute approximate surface area is 92.7 Å². The first-order chi connectivity index (χ1) is 7.88. The van der Waals surface area contributed by atoms with Gasteiger partial charge < -0.3 is 4.98 Å². The van der Waals surface area contributed by atoms with E-state index in [1.807, 2.05) is 36.5 Å². The highest BCUT2D eigenvalue weighted by Crippen LogP contribution is 2.11. The van der Waals surface area contributed by atoms with Crippen LogP contribution in [0.5, 0.6) is 0 Å². The van der Waals surface area contributed by atoms with Crippen molar-refractivity contribution < 1.29 is 4.84 Å². The van der Waals surface area contributed by atoms with Crippen LogP contribution in [-0.4, -0.2) is 9.97 Å². The highest BCUT2D eigenvalue weighted by Gasteiger charge is 1.94. The molecule has 1 aromatic heterocycles. The summed E-state index contributed by atoms with van der Waals surface area (Å²) in [7, 11) is 0. The lowest BCUT2D eigenvalue weighted by molar-refractivity contribution is 0.420. The summed E-state index contributed by atoms with van der Waals surface area (Å²) >= 11 is 0. The van der Waals surface area contributed by atoms with Crippen molar-refractivity contribution in [3.8, 4) is 17.6 Å². The summed E-state index contributed by atoms with van der Waals surface area (Å²) in [5, 5.41) is 9.62. The van der Waals surface area contributed by atoms with E-state index in [4.69, 9.17) is 11.8 Å². The lowest BCUT2D eigenvalue weighted by Crippen LogP contribution is -1.77. The maximum atomic E-state index is 7.38. The Morgan fingerprint density at radius 1 is 1.38 bits per heavy atom. The van der Waals surface area contributed by atoms with Crippen LogP contribution in [-0.2, 0) is 4.84 Å². The highest BCUT2D eigenvalue weighted by molar-refractivity contribution is 5.53. The van der Waals surface area contributed by atoms with Crippen LogP contribution in [0.25, 0.3) is 16.4 Å². The fourth-order valence-corrected chi connectivity index (χ4v) is 1.04. The lowest BCUT2D eigenvalue weighted by Gasteiger charge is -1.92. The van der Waals surface area contributed by atoms with E-state index in [1.54, 1.807) is 6.20 Å².